The zero-order chi connectivity index (χ0) is 16.5. The van der Waals surface area contributed by atoms with Crippen molar-refractivity contribution in [3.63, 3.8) is 0 Å². The minimum absolute atomic E-state index is 0.551. The van der Waals surface area contributed by atoms with Crippen molar-refractivity contribution in [3.8, 4) is 11.3 Å². The molecule has 0 amide bonds. The lowest BCUT2D eigenvalue weighted by Gasteiger charge is -2.12. The number of aromatic nitrogens is 3. The van der Waals surface area contributed by atoms with E-state index < -0.39 is 0 Å². The summed E-state index contributed by atoms with van der Waals surface area (Å²) in [5.74, 6) is 3.28. The first-order valence-corrected chi connectivity index (χ1v) is 8.65. The van der Waals surface area contributed by atoms with Gasteiger partial charge in [0.05, 0.1) is 11.7 Å². The van der Waals surface area contributed by atoms with Crippen LogP contribution in [0.3, 0.4) is 0 Å². The van der Waals surface area contributed by atoms with E-state index in [4.69, 9.17) is 14.4 Å². The van der Waals surface area contributed by atoms with Crippen LogP contribution in [0.25, 0.3) is 22.2 Å². The number of hydrogen-bond donors (Lipinski definition) is 1. The molecule has 1 N–H and O–H groups in total. The second-order valence-corrected chi connectivity index (χ2v) is 6.94. The average molecular weight is 322 g/mol. The maximum Gasteiger partial charge on any atom is 0.181 e. The fraction of sp³-hybridized carbons (Fsp3) is 0.421. The Bertz CT molecular complexity index is 838. The molecule has 0 bridgehead atoms. The Labute approximate surface area is 141 Å². The molecule has 0 atom stereocenters. The largest absolute Gasteiger partial charge is 0.444 e. The Kier molecular flexibility index (Phi) is 3.92. The first kappa shape index (κ1) is 15.1. The predicted molar refractivity (Wildman–Crippen MR) is 94.8 cm³/mol. The summed E-state index contributed by atoms with van der Waals surface area (Å²) in [7, 11) is 0. The Hall–Kier alpha value is -2.43. The second-order valence-electron chi connectivity index (χ2n) is 6.94. The van der Waals surface area contributed by atoms with Gasteiger partial charge in [-0.3, -0.25) is 0 Å². The van der Waals surface area contributed by atoms with E-state index in [-0.39, 0.29) is 0 Å². The van der Waals surface area contributed by atoms with Crippen molar-refractivity contribution in [1.82, 2.24) is 15.0 Å². The SMILES string of the molecule is CC(C)CCc1nc(NC2CC2)c2cc(-c3cnco3)ccc2n1. The number of fused-ring (bicyclic) bond motifs is 1. The quantitative estimate of drug-likeness (QED) is 0.726. The van der Waals surface area contributed by atoms with Gasteiger partial charge in [0.15, 0.2) is 12.2 Å². The molecule has 0 radical (unpaired) electrons. The van der Waals surface area contributed by atoms with Gasteiger partial charge in [0, 0.05) is 23.4 Å². The lowest BCUT2D eigenvalue weighted by molar-refractivity contribution is 0.572. The Morgan fingerprint density at radius 1 is 1.25 bits per heavy atom. The highest BCUT2D eigenvalue weighted by atomic mass is 16.3. The molecule has 3 aromatic rings. The summed E-state index contributed by atoms with van der Waals surface area (Å²) in [5, 5.41) is 4.61. The third-order valence-electron chi connectivity index (χ3n) is 4.32. The van der Waals surface area contributed by atoms with Crippen molar-refractivity contribution >= 4 is 16.7 Å². The molecule has 0 aliphatic heterocycles. The van der Waals surface area contributed by atoms with E-state index in [9.17, 15) is 0 Å². The number of aryl methyl sites for hydroxylation is 1. The standard InChI is InChI=1S/C19H22N4O/c1-12(2)3-8-18-22-16-7-4-13(17-10-20-11-24-17)9-15(16)19(23-18)21-14-5-6-14/h4,7,9-12,14H,3,5-6,8H2,1-2H3,(H,21,22,23). The summed E-state index contributed by atoms with van der Waals surface area (Å²) in [4.78, 5) is 13.6. The minimum Gasteiger partial charge on any atom is -0.444 e. The number of nitrogens with one attached hydrogen (secondary N) is 1. The van der Waals surface area contributed by atoms with Crippen LogP contribution in [-0.2, 0) is 6.42 Å². The van der Waals surface area contributed by atoms with Crippen LogP contribution in [0.4, 0.5) is 5.82 Å². The monoisotopic (exact) mass is 322 g/mol. The first-order valence-electron chi connectivity index (χ1n) is 8.65. The molecule has 1 fully saturated rings. The molecule has 0 spiro atoms. The molecule has 1 saturated carbocycles. The normalized spacial score (nSPS) is 14.5. The van der Waals surface area contributed by atoms with Gasteiger partial charge in [0.1, 0.15) is 11.6 Å². The van der Waals surface area contributed by atoms with Crippen LogP contribution in [0, 0.1) is 5.92 Å². The maximum atomic E-state index is 5.42. The van der Waals surface area contributed by atoms with Crippen LogP contribution in [0.2, 0.25) is 0 Å². The van der Waals surface area contributed by atoms with E-state index >= 15 is 0 Å². The summed E-state index contributed by atoms with van der Waals surface area (Å²) in [6, 6.07) is 6.72. The molecular formula is C19H22N4O. The highest BCUT2D eigenvalue weighted by Crippen LogP contribution is 2.31. The van der Waals surface area contributed by atoms with Crippen molar-refractivity contribution in [2.24, 2.45) is 5.92 Å². The highest BCUT2D eigenvalue weighted by Gasteiger charge is 2.23. The molecule has 1 aliphatic rings. The molecule has 124 valence electrons. The third-order valence-corrected chi connectivity index (χ3v) is 4.32. The number of benzene rings is 1. The van der Waals surface area contributed by atoms with Crippen LogP contribution in [0.5, 0.6) is 0 Å². The van der Waals surface area contributed by atoms with Gasteiger partial charge < -0.3 is 9.73 Å². The van der Waals surface area contributed by atoms with Gasteiger partial charge in [-0.05, 0) is 43.4 Å². The van der Waals surface area contributed by atoms with Gasteiger partial charge in [-0.2, -0.15) is 0 Å². The summed E-state index contributed by atoms with van der Waals surface area (Å²) in [6.45, 7) is 4.46. The van der Waals surface area contributed by atoms with E-state index in [1.165, 1.54) is 19.2 Å². The van der Waals surface area contributed by atoms with Gasteiger partial charge in [-0.15, -0.1) is 0 Å². The fourth-order valence-corrected chi connectivity index (χ4v) is 2.75. The van der Waals surface area contributed by atoms with E-state index in [1.807, 2.05) is 12.1 Å². The molecule has 5 heteroatoms. The maximum absolute atomic E-state index is 5.42. The van der Waals surface area contributed by atoms with Crippen molar-refractivity contribution in [1.29, 1.82) is 0 Å². The molecule has 1 aromatic carbocycles. The summed E-state index contributed by atoms with van der Waals surface area (Å²) in [6.07, 6.45) is 7.63. The molecular weight excluding hydrogens is 300 g/mol. The van der Waals surface area contributed by atoms with Gasteiger partial charge >= 0.3 is 0 Å². The first-order chi connectivity index (χ1) is 11.7. The zero-order valence-corrected chi connectivity index (χ0v) is 14.1. The van der Waals surface area contributed by atoms with E-state index in [0.717, 1.165) is 46.7 Å². The average Bonchev–Trinajstić information content (AvgIpc) is 3.22. The smallest absolute Gasteiger partial charge is 0.181 e. The number of oxazole rings is 1. The minimum atomic E-state index is 0.551. The van der Waals surface area contributed by atoms with Crippen molar-refractivity contribution in [2.75, 3.05) is 5.32 Å². The number of hydrogen-bond acceptors (Lipinski definition) is 5. The molecule has 0 saturated heterocycles. The second kappa shape index (κ2) is 6.23. The highest BCUT2D eigenvalue weighted by molar-refractivity contribution is 5.92. The van der Waals surface area contributed by atoms with Crippen molar-refractivity contribution < 1.29 is 4.42 Å². The molecule has 4 rings (SSSR count). The molecule has 5 nitrogen and oxygen atoms in total. The summed E-state index contributed by atoms with van der Waals surface area (Å²) < 4.78 is 5.42. The predicted octanol–water partition coefficient (Wildman–Crippen LogP) is 4.45. The van der Waals surface area contributed by atoms with Crippen LogP contribution >= 0.6 is 0 Å². The van der Waals surface area contributed by atoms with Crippen LogP contribution in [0.15, 0.2) is 35.2 Å². The fourth-order valence-electron chi connectivity index (χ4n) is 2.75. The van der Waals surface area contributed by atoms with Crippen LogP contribution in [0.1, 0.15) is 38.9 Å². The molecule has 24 heavy (non-hydrogen) atoms. The van der Waals surface area contributed by atoms with Gasteiger partial charge in [-0.25, -0.2) is 15.0 Å². The topological polar surface area (TPSA) is 63.8 Å². The Morgan fingerprint density at radius 2 is 2.12 bits per heavy atom. The Morgan fingerprint density at radius 3 is 2.83 bits per heavy atom. The summed E-state index contributed by atoms with van der Waals surface area (Å²) >= 11 is 0. The molecule has 0 unspecified atom stereocenters. The Balaban J connectivity index is 1.75. The van der Waals surface area contributed by atoms with E-state index in [2.05, 4.69) is 30.2 Å². The number of anilines is 1. The van der Waals surface area contributed by atoms with Gasteiger partial charge in [0.25, 0.3) is 0 Å². The van der Waals surface area contributed by atoms with Gasteiger partial charge in [0.2, 0.25) is 0 Å². The van der Waals surface area contributed by atoms with E-state index in [1.54, 1.807) is 6.20 Å². The van der Waals surface area contributed by atoms with Crippen molar-refractivity contribution in [3.05, 3.63) is 36.6 Å². The molecule has 1 aliphatic carbocycles. The number of nitrogens with zero attached hydrogens (tertiary/aromatic N) is 3. The van der Waals surface area contributed by atoms with Crippen molar-refractivity contribution in [2.45, 2.75) is 45.6 Å². The molecule has 2 heterocycles. The third kappa shape index (κ3) is 3.25. The lowest BCUT2D eigenvalue weighted by atomic mass is 10.1. The number of rotatable bonds is 6. The zero-order valence-electron chi connectivity index (χ0n) is 14.1. The van der Waals surface area contributed by atoms with Gasteiger partial charge in [-0.1, -0.05) is 13.8 Å². The van der Waals surface area contributed by atoms with Crippen LogP contribution in [-0.4, -0.2) is 21.0 Å². The summed E-state index contributed by atoms with van der Waals surface area (Å²) in [5.41, 5.74) is 1.98. The van der Waals surface area contributed by atoms with E-state index in [0.29, 0.717) is 12.0 Å². The molecule has 2 aromatic heterocycles. The van der Waals surface area contributed by atoms with Crippen LogP contribution < -0.4 is 5.32 Å². The lowest BCUT2D eigenvalue weighted by Crippen LogP contribution is -2.08.